The fourth-order valence-corrected chi connectivity index (χ4v) is 6.33. The molecule has 1 saturated carbocycles. The number of hydrogen-bond acceptors (Lipinski definition) is 6. The second kappa shape index (κ2) is 13.2. The predicted octanol–water partition coefficient (Wildman–Crippen LogP) is 6.24. The normalized spacial score (nSPS) is 20.6. The zero-order valence-corrected chi connectivity index (χ0v) is 24.5. The van der Waals surface area contributed by atoms with Crippen LogP contribution in [0, 0.1) is 5.92 Å². The topological polar surface area (TPSA) is 128 Å². The van der Waals surface area contributed by atoms with Crippen molar-refractivity contribution in [1.29, 1.82) is 0 Å². The van der Waals surface area contributed by atoms with E-state index in [9.17, 15) is 9.59 Å². The number of amides is 2. The van der Waals surface area contributed by atoms with Crippen LogP contribution in [0.3, 0.4) is 0 Å². The molecular weight excluding hydrogens is 538 g/mol. The molecule has 222 valence electrons. The van der Waals surface area contributed by atoms with Gasteiger partial charge in [0.05, 0.1) is 16.9 Å². The van der Waals surface area contributed by atoms with E-state index in [1.54, 1.807) is 30.5 Å². The third kappa shape index (κ3) is 6.45. The Hall–Kier alpha value is -4.53. The summed E-state index contributed by atoms with van der Waals surface area (Å²) >= 11 is 0. The van der Waals surface area contributed by atoms with Crippen LogP contribution in [0.15, 0.2) is 67.0 Å². The fraction of sp³-hybridized carbons (Fsp3) is 0.382. The van der Waals surface area contributed by atoms with E-state index in [1.165, 1.54) is 6.42 Å². The smallest absolute Gasteiger partial charge is 0.256 e. The van der Waals surface area contributed by atoms with E-state index < -0.39 is 0 Å². The van der Waals surface area contributed by atoms with Gasteiger partial charge in [-0.1, -0.05) is 49.6 Å². The number of fused-ring (bicyclic) bond motifs is 3. The van der Waals surface area contributed by atoms with Crippen molar-refractivity contribution in [3.63, 3.8) is 0 Å². The molecule has 43 heavy (non-hydrogen) atoms. The molecular formula is C34H39N7O2. The summed E-state index contributed by atoms with van der Waals surface area (Å²) in [6.07, 6.45) is 17.8. The second-order valence-corrected chi connectivity index (χ2v) is 11.6. The maximum atomic E-state index is 13.1. The average molecular weight is 578 g/mol. The average Bonchev–Trinajstić information content (AvgIpc) is 3.45. The van der Waals surface area contributed by atoms with Crippen molar-refractivity contribution >= 4 is 34.4 Å². The lowest BCUT2D eigenvalue weighted by Crippen LogP contribution is -2.35. The molecule has 1 aliphatic heterocycles. The van der Waals surface area contributed by atoms with Gasteiger partial charge in [0.2, 0.25) is 5.91 Å². The summed E-state index contributed by atoms with van der Waals surface area (Å²) in [5.74, 6) is 0.822. The summed E-state index contributed by atoms with van der Waals surface area (Å²) in [5.41, 5.74) is 10.7. The zero-order chi connectivity index (χ0) is 29.6. The number of nitrogen functional groups attached to an aromatic ring is 1. The number of aromatic nitrogens is 4. The predicted molar refractivity (Wildman–Crippen MR) is 170 cm³/mol. The van der Waals surface area contributed by atoms with Crippen molar-refractivity contribution in [1.82, 2.24) is 25.1 Å². The van der Waals surface area contributed by atoms with Gasteiger partial charge in [0.15, 0.2) is 0 Å². The molecule has 1 aliphatic carbocycles. The number of nitrogens with two attached hydrogens (primary N) is 1. The molecule has 0 spiro atoms. The van der Waals surface area contributed by atoms with Gasteiger partial charge < -0.3 is 16.4 Å². The van der Waals surface area contributed by atoms with E-state index in [2.05, 4.69) is 37.4 Å². The summed E-state index contributed by atoms with van der Waals surface area (Å²) in [4.78, 5) is 34.7. The van der Waals surface area contributed by atoms with Crippen LogP contribution in [0.25, 0.3) is 22.2 Å². The number of benzene rings is 1. The summed E-state index contributed by atoms with van der Waals surface area (Å²) in [7, 11) is 0. The van der Waals surface area contributed by atoms with Crippen LogP contribution >= 0.6 is 0 Å². The Balaban J connectivity index is 1.38. The lowest BCUT2D eigenvalue weighted by Gasteiger charge is -2.29. The van der Waals surface area contributed by atoms with Crippen molar-refractivity contribution in [2.75, 3.05) is 17.6 Å². The maximum Gasteiger partial charge on any atom is 0.256 e. The highest BCUT2D eigenvalue weighted by atomic mass is 16.2. The Labute approximate surface area is 252 Å². The van der Waals surface area contributed by atoms with E-state index in [0.717, 1.165) is 92.1 Å². The Morgan fingerprint density at radius 1 is 0.977 bits per heavy atom. The number of carbonyl (C=O) groups excluding carboxylic acids is 2. The van der Waals surface area contributed by atoms with E-state index in [4.69, 9.17) is 10.8 Å². The first-order valence-corrected chi connectivity index (χ1v) is 15.5. The number of hydrogen-bond donors (Lipinski definition) is 3. The van der Waals surface area contributed by atoms with Crippen LogP contribution in [0.4, 0.5) is 11.6 Å². The minimum Gasteiger partial charge on any atom is -0.383 e. The fourth-order valence-electron chi connectivity index (χ4n) is 6.33. The summed E-state index contributed by atoms with van der Waals surface area (Å²) in [6, 6.07) is 12.8. The van der Waals surface area contributed by atoms with Gasteiger partial charge in [-0.05, 0) is 69.2 Å². The van der Waals surface area contributed by atoms with Crippen LogP contribution in [-0.2, 0) is 11.2 Å². The molecule has 4 N–H and O–H groups in total. The van der Waals surface area contributed by atoms with E-state index in [0.29, 0.717) is 17.2 Å². The van der Waals surface area contributed by atoms with Crippen LogP contribution in [0.5, 0.6) is 0 Å². The van der Waals surface area contributed by atoms with Gasteiger partial charge in [-0.3, -0.25) is 14.3 Å². The second-order valence-electron chi connectivity index (χ2n) is 11.6. The molecule has 3 aromatic heterocycles. The first-order valence-electron chi connectivity index (χ1n) is 15.5. The molecule has 4 aromatic rings. The molecule has 0 saturated heterocycles. The molecule has 6 rings (SSSR count). The molecule has 1 fully saturated rings. The highest BCUT2D eigenvalue weighted by Crippen LogP contribution is 2.40. The molecule has 2 atom stereocenters. The van der Waals surface area contributed by atoms with Crippen LogP contribution < -0.4 is 16.4 Å². The molecule has 9 heteroatoms. The third-order valence-corrected chi connectivity index (χ3v) is 8.62. The minimum atomic E-state index is -0.234. The standard InChI is InChI=1S/C34H39N7O2/c35-32-29-30(23-15-17-24(18-16-23)34(43)39-28-14-7-9-19-36-28)40-41-27-13-10-12-25(21-27)33(42)37-20-8-5-3-1-2-4-6-11-26(22-38-32)31(29)41/h4,6-7,9,14-19,22,25,27H,1-3,5,8,10-13,20-21H2,(H2,35,38)(H,37,42)(H,36,39,43)/b6-4-/t25-,27-/m1/s1. The Morgan fingerprint density at radius 3 is 2.67 bits per heavy atom. The summed E-state index contributed by atoms with van der Waals surface area (Å²) < 4.78 is 2.12. The van der Waals surface area contributed by atoms with Gasteiger partial charge in [0.25, 0.3) is 5.91 Å². The lowest BCUT2D eigenvalue weighted by atomic mass is 9.85. The Morgan fingerprint density at radius 2 is 1.84 bits per heavy atom. The van der Waals surface area contributed by atoms with Gasteiger partial charge in [-0.25, -0.2) is 9.97 Å². The molecule has 0 radical (unpaired) electrons. The van der Waals surface area contributed by atoms with Crippen molar-refractivity contribution < 1.29 is 9.59 Å². The zero-order valence-electron chi connectivity index (χ0n) is 24.5. The lowest BCUT2D eigenvalue weighted by molar-refractivity contribution is -0.126. The third-order valence-electron chi connectivity index (χ3n) is 8.62. The summed E-state index contributed by atoms with van der Waals surface area (Å²) in [5, 5.41) is 12.0. The minimum absolute atomic E-state index is 0.0310. The van der Waals surface area contributed by atoms with E-state index in [1.807, 2.05) is 24.4 Å². The summed E-state index contributed by atoms with van der Waals surface area (Å²) in [6.45, 7) is 0.743. The number of carbonyl (C=O) groups is 2. The number of nitrogens with one attached hydrogen (secondary N) is 2. The van der Waals surface area contributed by atoms with Crippen molar-refractivity contribution in [3.05, 3.63) is 78.1 Å². The monoisotopic (exact) mass is 577 g/mol. The highest BCUT2D eigenvalue weighted by Gasteiger charge is 2.31. The molecule has 1 aromatic carbocycles. The number of rotatable bonds is 3. The maximum absolute atomic E-state index is 13.1. The quantitative estimate of drug-likeness (QED) is 0.247. The first kappa shape index (κ1) is 28.6. The SMILES string of the molecule is Nc1ncc2c3c1c(-c1ccc(C(=O)Nc4ccccn4)cc1)nn3[C@@H]1CCC[C@H](C1)C(=O)NCCCCCC/C=C\C2. The number of pyridine rings is 2. The number of nitrogens with zero attached hydrogens (tertiary/aromatic N) is 4. The van der Waals surface area contributed by atoms with E-state index >= 15 is 0 Å². The number of allylic oxidation sites excluding steroid dienone is 2. The van der Waals surface area contributed by atoms with Crippen molar-refractivity contribution in [3.8, 4) is 11.3 Å². The largest absolute Gasteiger partial charge is 0.383 e. The van der Waals surface area contributed by atoms with Gasteiger partial charge in [-0.2, -0.15) is 5.10 Å². The van der Waals surface area contributed by atoms with Crippen LogP contribution in [0.1, 0.15) is 79.8 Å². The molecule has 9 nitrogen and oxygen atoms in total. The van der Waals surface area contributed by atoms with Gasteiger partial charge >= 0.3 is 0 Å². The first-order chi connectivity index (χ1) is 21.1. The van der Waals surface area contributed by atoms with Gasteiger partial charge in [0.1, 0.15) is 17.3 Å². The van der Waals surface area contributed by atoms with Crippen molar-refractivity contribution in [2.45, 2.75) is 70.3 Å². The highest BCUT2D eigenvalue weighted by molar-refractivity contribution is 6.05. The van der Waals surface area contributed by atoms with Crippen molar-refractivity contribution in [2.24, 2.45) is 5.92 Å². The number of anilines is 2. The van der Waals surface area contributed by atoms with Gasteiger partial charge in [-0.15, -0.1) is 0 Å². The van der Waals surface area contributed by atoms with Crippen LogP contribution in [0.2, 0.25) is 0 Å². The van der Waals surface area contributed by atoms with Crippen LogP contribution in [-0.4, -0.2) is 38.1 Å². The molecule has 4 heterocycles. The van der Waals surface area contributed by atoms with Gasteiger partial charge in [0, 0.05) is 41.5 Å². The Kier molecular flexibility index (Phi) is 8.77. The molecule has 2 bridgehead atoms. The molecule has 2 amide bonds. The molecule has 0 unspecified atom stereocenters. The molecule has 2 aliphatic rings. The van der Waals surface area contributed by atoms with E-state index in [-0.39, 0.29) is 23.8 Å². The Bertz CT molecular complexity index is 1610.